The van der Waals surface area contributed by atoms with Crippen LogP contribution in [0.4, 0.5) is 15.8 Å². The summed E-state index contributed by atoms with van der Waals surface area (Å²) in [4.78, 5) is 24.7. The second-order valence-electron chi connectivity index (χ2n) is 6.44. The van der Waals surface area contributed by atoms with Crippen LogP contribution >= 0.6 is 0 Å². The minimum Gasteiger partial charge on any atom is -0.495 e. The van der Waals surface area contributed by atoms with Crippen LogP contribution in [0.1, 0.15) is 17.3 Å². The van der Waals surface area contributed by atoms with Crippen LogP contribution in [0, 0.1) is 5.82 Å². The average Bonchev–Trinajstić information content (AvgIpc) is 2.76. The van der Waals surface area contributed by atoms with E-state index >= 15 is 0 Å². The van der Waals surface area contributed by atoms with Gasteiger partial charge in [0.2, 0.25) is 0 Å². The first kappa shape index (κ1) is 20.9. The van der Waals surface area contributed by atoms with Crippen molar-refractivity contribution >= 4 is 23.2 Å². The van der Waals surface area contributed by atoms with Crippen molar-refractivity contribution in [1.29, 1.82) is 0 Å². The highest BCUT2D eigenvalue weighted by Gasteiger charge is 2.16. The molecule has 2 amide bonds. The van der Waals surface area contributed by atoms with Crippen molar-refractivity contribution < 1.29 is 23.5 Å². The van der Waals surface area contributed by atoms with E-state index in [9.17, 15) is 14.0 Å². The first-order valence-corrected chi connectivity index (χ1v) is 9.24. The van der Waals surface area contributed by atoms with Gasteiger partial charge in [0.05, 0.1) is 12.8 Å². The van der Waals surface area contributed by atoms with Crippen LogP contribution in [0.2, 0.25) is 0 Å². The maximum Gasteiger partial charge on any atom is 0.265 e. The number of amides is 2. The number of rotatable bonds is 7. The fourth-order valence-corrected chi connectivity index (χ4v) is 2.66. The highest BCUT2D eigenvalue weighted by Crippen LogP contribution is 2.24. The standard InChI is InChI=1S/C23H21FN2O4/c1-15(22(27)25-18-11-9-17(24)10-12-18)30-19-13-7-16(8-14-19)23(28)26-20-5-3-4-6-21(20)29-2/h3-15H,1-2H3,(H,25,27)(H,26,28)/t15-/m1/s1. The molecule has 3 aromatic carbocycles. The summed E-state index contributed by atoms with van der Waals surface area (Å²) in [5.41, 5.74) is 1.47. The zero-order valence-corrected chi connectivity index (χ0v) is 16.5. The van der Waals surface area contributed by atoms with Gasteiger partial charge in [-0.05, 0) is 67.6 Å². The van der Waals surface area contributed by atoms with Gasteiger partial charge >= 0.3 is 0 Å². The summed E-state index contributed by atoms with van der Waals surface area (Å²) in [5.74, 6) is -0.0581. The van der Waals surface area contributed by atoms with Gasteiger partial charge in [0.25, 0.3) is 11.8 Å². The molecule has 0 spiro atoms. The summed E-state index contributed by atoms with van der Waals surface area (Å²) in [7, 11) is 1.53. The summed E-state index contributed by atoms with van der Waals surface area (Å²) >= 11 is 0. The lowest BCUT2D eigenvalue weighted by molar-refractivity contribution is -0.122. The van der Waals surface area contributed by atoms with Crippen molar-refractivity contribution in [2.45, 2.75) is 13.0 Å². The number of halogens is 1. The molecule has 0 aliphatic carbocycles. The summed E-state index contributed by atoms with van der Waals surface area (Å²) in [5, 5.41) is 5.44. The zero-order chi connectivity index (χ0) is 21.5. The third-order valence-electron chi connectivity index (χ3n) is 4.27. The first-order valence-electron chi connectivity index (χ1n) is 9.24. The maximum absolute atomic E-state index is 12.9. The van der Waals surface area contributed by atoms with Gasteiger partial charge in [0.1, 0.15) is 17.3 Å². The smallest absolute Gasteiger partial charge is 0.265 e. The fourth-order valence-electron chi connectivity index (χ4n) is 2.66. The van der Waals surface area contributed by atoms with Gasteiger partial charge in [-0.25, -0.2) is 4.39 Å². The largest absolute Gasteiger partial charge is 0.495 e. The Balaban J connectivity index is 1.58. The van der Waals surface area contributed by atoms with E-state index in [-0.39, 0.29) is 17.6 Å². The minimum absolute atomic E-state index is 0.298. The van der Waals surface area contributed by atoms with Crippen molar-refractivity contribution in [3.8, 4) is 11.5 Å². The normalized spacial score (nSPS) is 11.3. The van der Waals surface area contributed by atoms with Crippen molar-refractivity contribution in [2.24, 2.45) is 0 Å². The van der Waals surface area contributed by atoms with Gasteiger partial charge < -0.3 is 20.1 Å². The molecule has 0 saturated heterocycles. The van der Waals surface area contributed by atoms with Crippen LogP contribution in [0.25, 0.3) is 0 Å². The third kappa shape index (κ3) is 5.35. The fraction of sp³-hybridized carbons (Fsp3) is 0.130. The number of carbonyl (C=O) groups is 2. The minimum atomic E-state index is -0.789. The van der Waals surface area contributed by atoms with Crippen LogP contribution in [0.3, 0.4) is 0 Å². The maximum atomic E-state index is 12.9. The van der Waals surface area contributed by atoms with E-state index in [1.165, 1.54) is 31.4 Å². The molecule has 3 rings (SSSR count). The summed E-state index contributed by atoms with van der Waals surface area (Å²) in [6.45, 7) is 1.60. The van der Waals surface area contributed by atoms with E-state index < -0.39 is 6.10 Å². The molecule has 6 nitrogen and oxygen atoms in total. The van der Waals surface area contributed by atoms with Crippen molar-refractivity contribution in [3.05, 3.63) is 84.2 Å². The molecule has 0 unspecified atom stereocenters. The van der Waals surface area contributed by atoms with Crippen molar-refractivity contribution in [1.82, 2.24) is 0 Å². The van der Waals surface area contributed by atoms with Gasteiger partial charge in [-0.2, -0.15) is 0 Å². The van der Waals surface area contributed by atoms with Gasteiger partial charge in [-0.3, -0.25) is 9.59 Å². The highest BCUT2D eigenvalue weighted by molar-refractivity contribution is 6.05. The molecule has 0 aliphatic heterocycles. The molecular formula is C23H21FN2O4. The first-order chi connectivity index (χ1) is 14.5. The zero-order valence-electron chi connectivity index (χ0n) is 16.5. The molecule has 0 bridgehead atoms. The molecule has 2 N–H and O–H groups in total. The summed E-state index contributed by atoms with van der Waals surface area (Å²) in [6, 6.07) is 19.0. The van der Waals surface area contributed by atoms with E-state index in [0.717, 1.165) is 0 Å². The number of anilines is 2. The Labute approximate surface area is 173 Å². The molecule has 7 heteroatoms. The van der Waals surface area contributed by atoms with E-state index in [0.29, 0.717) is 28.4 Å². The molecule has 0 fully saturated rings. The molecule has 30 heavy (non-hydrogen) atoms. The van der Waals surface area contributed by atoms with Crippen LogP contribution < -0.4 is 20.1 Å². The Bertz CT molecular complexity index is 1020. The van der Waals surface area contributed by atoms with Gasteiger partial charge in [0, 0.05) is 11.3 Å². The molecule has 0 aliphatic rings. The Morgan fingerprint density at radius 2 is 1.57 bits per heavy atom. The third-order valence-corrected chi connectivity index (χ3v) is 4.27. The van der Waals surface area contributed by atoms with Gasteiger partial charge in [0.15, 0.2) is 6.10 Å². The highest BCUT2D eigenvalue weighted by atomic mass is 19.1. The Morgan fingerprint density at radius 1 is 0.900 bits per heavy atom. The monoisotopic (exact) mass is 408 g/mol. The van der Waals surface area contributed by atoms with E-state index in [1.807, 2.05) is 6.07 Å². The van der Waals surface area contributed by atoms with Gasteiger partial charge in [-0.15, -0.1) is 0 Å². The number of hydrogen-bond donors (Lipinski definition) is 2. The molecule has 154 valence electrons. The average molecular weight is 408 g/mol. The number of para-hydroxylation sites is 2. The molecular weight excluding hydrogens is 387 g/mol. The van der Waals surface area contributed by atoms with Crippen molar-refractivity contribution in [3.63, 3.8) is 0 Å². The number of methoxy groups -OCH3 is 1. The SMILES string of the molecule is COc1ccccc1NC(=O)c1ccc(O[C@H](C)C(=O)Nc2ccc(F)cc2)cc1. The number of hydrogen-bond acceptors (Lipinski definition) is 4. The van der Waals surface area contributed by atoms with E-state index in [4.69, 9.17) is 9.47 Å². The lowest BCUT2D eigenvalue weighted by Crippen LogP contribution is -2.30. The lowest BCUT2D eigenvalue weighted by atomic mass is 10.2. The predicted molar refractivity (Wildman–Crippen MR) is 113 cm³/mol. The molecule has 0 aromatic heterocycles. The number of nitrogens with one attached hydrogen (secondary N) is 2. The van der Waals surface area contributed by atoms with Crippen LogP contribution in [-0.4, -0.2) is 25.0 Å². The number of benzene rings is 3. The molecule has 0 heterocycles. The topological polar surface area (TPSA) is 76.7 Å². The lowest BCUT2D eigenvalue weighted by Gasteiger charge is -2.15. The van der Waals surface area contributed by atoms with Crippen molar-refractivity contribution in [2.75, 3.05) is 17.7 Å². The second-order valence-corrected chi connectivity index (χ2v) is 6.44. The summed E-state index contributed by atoms with van der Waals surface area (Å²) in [6.07, 6.45) is -0.789. The predicted octanol–water partition coefficient (Wildman–Crippen LogP) is 4.49. The quantitative estimate of drug-likeness (QED) is 0.604. The number of ether oxygens (including phenoxy) is 2. The van der Waals surface area contributed by atoms with Gasteiger partial charge in [-0.1, -0.05) is 12.1 Å². The number of carbonyl (C=O) groups excluding carboxylic acids is 2. The second kappa shape index (κ2) is 9.56. The van der Waals surface area contributed by atoms with E-state index in [1.54, 1.807) is 49.4 Å². The molecule has 0 saturated carbocycles. The molecule has 3 aromatic rings. The van der Waals surface area contributed by atoms with Crippen LogP contribution in [0.15, 0.2) is 72.8 Å². The Morgan fingerprint density at radius 3 is 2.23 bits per heavy atom. The summed E-state index contributed by atoms with van der Waals surface area (Å²) < 4.78 is 23.8. The van der Waals surface area contributed by atoms with Crippen LogP contribution in [0.5, 0.6) is 11.5 Å². The Kier molecular flexibility index (Phi) is 6.64. The van der Waals surface area contributed by atoms with E-state index in [2.05, 4.69) is 10.6 Å². The molecule has 1 atom stereocenters. The Hall–Kier alpha value is -3.87. The molecule has 0 radical (unpaired) electrons. The van der Waals surface area contributed by atoms with Crippen LogP contribution in [-0.2, 0) is 4.79 Å².